The highest BCUT2D eigenvalue weighted by molar-refractivity contribution is 7.11. The minimum Gasteiger partial charge on any atom is -0.495 e. The minimum atomic E-state index is -1.30. The van der Waals surface area contributed by atoms with E-state index >= 15 is 0 Å². The quantitative estimate of drug-likeness (QED) is 0.174. The number of hydrogen-bond acceptors (Lipinski definition) is 12. The van der Waals surface area contributed by atoms with Crippen molar-refractivity contribution in [2.24, 2.45) is 23.2 Å². The summed E-state index contributed by atoms with van der Waals surface area (Å²) in [5, 5.41) is 8.80. The maximum Gasteiger partial charge on any atom is 0.408 e. The van der Waals surface area contributed by atoms with Gasteiger partial charge in [-0.15, -0.1) is 6.58 Å². The van der Waals surface area contributed by atoms with E-state index in [0.717, 1.165) is 12.8 Å². The van der Waals surface area contributed by atoms with Gasteiger partial charge in [-0.05, 0) is 55.1 Å². The number of pyridine rings is 1. The van der Waals surface area contributed by atoms with Crippen LogP contribution in [0.1, 0.15) is 52.9 Å². The number of benzene rings is 1. The monoisotopic (exact) mass is 795 g/mol. The first kappa shape index (κ1) is 38.6. The Labute approximate surface area is 328 Å². The van der Waals surface area contributed by atoms with Crippen LogP contribution >= 0.6 is 22.9 Å². The zero-order valence-corrected chi connectivity index (χ0v) is 33.3. The van der Waals surface area contributed by atoms with Crippen LogP contribution in [0.5, 0.6) is 16.7 Å². The number of carbonyl (C=O) groups excluding carboxylic acids is 4. The summed E-state index contributed by atoms with van der Waals surface area (Å²) in [6.07, 6.45) is 3.22. The molecule has 55 heavy (non-hydrogen) atoms. The van der Waals surface area contributed by atoms with Gasteiger partial charge in [-0.3, -0.25) is 9.59 Å². The molecule has 0 bridgehead atoms. The van der Waals surface area contributed by atoms with Gasteiger partial charge >= 0.3 is 12.1 Å². The van der Waals surface area contributed by atoms with E-state index in [-0.39, 0.29) is 30.0 Å². The van der Waals surface area contributed by atoms with Crippen LogP contribution in [0.25, 0.3) is 22.3 Å². The lowest BCUT2D eigenvalue weighted by atomic mass is 9.85. The Balaban J connectivity index is 1.21. The van der Waals surface area contributed by atoms with Gasteiger partial charge in [0.15, 0.2) is 0 Å². The summed E-state index contributed by atoms with van der Waals surface area (Å²) in [4.78, 5) is 65.9. The normalized spacial score (nSPS) is 27.1. The van der Waals surface area contributed by atoms with Crippen molar-refractivity contribution in [2.75, 3.05) is 27.9 Å². The molecule has 3 aliphatic carbocycles. The summed E-state index contributed by atoms with van der Waals surface area (Å²) < 4.78 is 28.3. The molecule has 1 aromatic carbocycles. The first-order chi connectivity index (χ1) is 26.2. The van der Waals surface area contributed by atoms with Gasteiger partial charge in [0, 0.05) is 29.2 Å². The number of methoxy groups -OCH3 is 3. The Morgan fingerprint density at radius 3 is 2.38 bits per heavy atom. The maximum absolute atomic E-state index is 14.7. The number of hydrogen-bond donors (Lipinski definition) is 2. The van der Waals surface area contributed by atoms with Crippen LogP contribution in [-0.4, -0.2) is 96.4 Å². The number of thiazole rings is 1. The van der Waals surface area contributed by atoms with Crippen molar-refractivity contribution >= 4 is 57.7 Å². The predicted octanol–water partition coefficient (Wildman–Crippen LogP) is 5.55. The topological polar surface area (TPSA) is 168 Å². The van der Waals surface area contributed by atoms with Crippen molar-refractivity contribution in [1.29, 1.82) is 0 Å². The molecule has 1 saturated heterocycles. The van der Waals surface area contributed by atoms with E-state index in [2.05, 4.69) is 22.2 Å². The van der Waals surface area contributed by atoms with Gasteiger partial charge in [0.05, 0.1) is 39.1 Å². The summed E-state index contributed by atoms with van der Waals surface area (Å²) >= 11 is 8.08. The summed E-state index contributed by atoms with van der Waals surface area (Å²) in [6, 6.07) is 3.08. The number of ether oxygens (including phenoxy) is 5. The van der Waals surface area contributed by atoms with Crippen LogP contribution in [-0.2, 0) is 23.9 Å². The number of halogens is 1. The molecule has 3 saturated carbocycles. The van der Waals surface area contributed by atoms with Crippen LogP contribution in [0, 0.1) is 23.2 Å². The third-order valence-electron chi connectivity index (χ3n) is 11.2. The molecule has 2 aromatic heterocycles. The van der Waals surface area contributed by atoms with E-state index in [4.69, 9.17) is 40.3 Å². The molecule has 3 aromatic rings. The van der Waals surface area contributed by atoms with Crippen molar-refractivity contribution in [3.05, 3.63) is 41.3 Å². The second kappa shape index (κ2) is 14.8. The molecule has 14 nitrogen and oxygen atoms in total. The van der Waals surface area contributed by atoms with E-state index in [1.54, 1.807) is 29.7 Å². The fourth-order valence-electron chi connectivity index (χ4n) is 7.98. The van der Waals surface area contributed by atoms with E-state index in [1.165, 1.54) is 44.0 Å². The molecule has 3 amide bonds. The maximum atomic E-state index is 14.7. The first-order valence-corrected chi connectivity index (χ1v) is 19.6. The van der Waals surface area contributed by atoms with Gasteiger partial charge in [-0.2, -0.15) is 0 Å². The second-order valence-corrected chi connectivity index (χ2v) is 17.1. The molecule has 0 spiro atoms. The number of alkyl carbamates (subject to hydrolysis) is 1. The zero-order chi connectivity index (χ0) is 39.4. The molecule has 16 heteroatoms. The van der Waals surface area contributed by atoms with Crippen LogP contribution in [0.2, 0.25) is 5.02 Å². The first-order valence-electron chi connectivity index (χ1n) is 18.3. The average molecular weight is 796 g/mol. The Kier molecular flexibility index (Phi) is 10.4. The molecule has 294 valence electrons. The van der Waals surface area contributed by atoms with Gasteiger partial charge in [0.2, 0.25) is 11.8 Å². The number of fused-ring (bicyclic) bond motifs is 2. The molecule has 4 fully saturated rings. The highest BCUT2D eigenvalue weighted by atomic mass is 35.5. The van der Waals surface area contributed by atoms with Crippen molar-refractivity contribution in [1.82, 2.24) is 25.5 Å². The molecule has 4 aliphatic rings. The van der Waals surface area contributed by atoms with E-state index < -0.39 is 53.0 Å². The second-order valence-electron chi connectivity index (χ2n) is 15.9. The summed E-state index contributed by atoms with van der Waals surface area (Å²) in [5.41, 5.74) is -0.679. The number of nitrogens with zero attached hydrogens (tertiary/aromatic N) is 3. The van der Waals surface area contributed by atoms with Crippen molar-refractivity contribution in [3.63, 3.8) is 0 Å². The van der Waals surface area contributed by atoms with Crippen molar-refractivity contribution in [2.45, 2.75) is 82.7 Å². The largest absolute Gasteiger partial charge is 0.495 e. The molecular weight excluding hydrogens is 750 g/mol. The molecule has 3 heterocycles. The third-order valence-corrected chi connectivity index (χ3v) is 12.3. The van der Waals surface area contributed by atoms with E-state index in [0.29, 0.717) is 57.2 Å². The van der Waals surface area contributed by atoms with Gasteiger partial charge in [-0.1, -0.05) is 49.8 Å². The number of rotatable bonds is 12. The van der Waals surface area contributed by atoms with E-state index in [9.17, 15) is 19.2 Å². The number of carbonyl (C=O) groups is 4. The van der Waals surface area contributed by atoms with Gasteiger partial charge in [-0.25, -0.2) is 19.6 Å². The summed E-state index contributed by atoms with van der Waals surface area (Å²) in [6.45, 7) is 9.30. The number of amides is 3. The molecule has 8 atom stereocenters. The lowest BCUT2D eigenvalue weighted by Gasteiger charge is -2.35. The fourth-order valence-corrected chi connectivity index (χ4v) is 8.90. The summed E-state index contributed by atoms with van der Waals surface area (Å²) in [7, 11) is 4.29. The number of esters is 1. The zero-order valence-electron chi connectivity index (χ0n) is 31.7. The smallest absolute Gasteiger partial charge is 0.408 e. The Hall–Kier alpha value is -4.63. The van der Waals surface area contributed by atoms with Crippen LogP contribution in [0.3, 0.4) is 0 Å². The van der Waals surface area contributed by atoms with E-state index in [1.807, 2.05) is 20.8 Å². The van der Waals surface area contributed by atoms with Crippen LogP contribution < -0.4 is 24.8 Å². The predicted molar refractivity (Wildman–Crippen MR) is 204 cm³/mol. The number of aromatic nitrogens is 2. The van der Waals surface area contributed by atoms with Gasteiger partial charge in [0.1, 0.15) is 52.0 Å². The average Bonchev–Trinajstić information content (AvgIpc) is 3.80. The van der Waals surface area contributed by atoms with Gasteiger partial charge < -0.3 is 39.2 Å². The van der Waals surface area contributed by atoms with Crippen LogP contribution in [0.4, 0.5) is 4.79 Å². The third kappa shape index (κ3) is 7.52. The highest BCUT2D eigenvalue weighted by Crippen LogP contribution is 2.52. The fraction of sp³-hybridized carbons (Fsp3) is 0.538. The highest BCUT2D eigenvalue weighted by Gasteiger charge is 2.62. The summed E-state index contributed by atoms with van der Waals surface area (Å²) in [5.74, 6) is 0.0282. The molecule has 2 N–H and O–H groups in total. The van der Waals surface area contributed by atoms with Gasteiger partial charge in [0.25, 0.3) is 5.19 Å². The molecule has 1 aliphatic heterocycles. The molecule has 7 rings (SSSR count). The standard InChI is InChI=1S/C39H46ClN5O9S/c1-8-21-16-39(21,35(48)51-6)44-33(46)27-14-23(17-45(27)34(47)32(38(2,3)4)43-36(49)54-22-12-19-11-20(19)13-22)53-29-15-25(26-18-55-37(42-26)52-7)41-31-24(29)9-10-28(50-5)30(31)40/h8-10,15,18-23,27,32H,1,11-14,16-17H2,2-7H3,(H,43,49)(H,44,46)/t19-,20+,21-,22+,23-,27+,32-,39-/m1/s1. The Morgan fingerprint density at radius 1 is 1.02 bits per heavy atom. The lowest BCUT2D eigenvalue weighted by molar-refractivity contribution is -0.148. The number of nitrogens with one attached hydrogen (secondary N) is 2. The lowest BCUT2D eigenvalue weighted by Crippen LogP contribution is -2.59. The molecular formula is C39H46ClN5O9S. The van der Waals surface area contributed by atoms with Crippen LogP contribution in [0.15, 0.2) is 36.2 Å². The SMILES string of the molecule is C=C[C@@H]1C[C@]1(NC(=O)[C@@H]1C[C@@H](Oc2cc(-c3csc(OC)n3)nc3c(Cl)c(OC)ccc23)CN1C(=O)[C@@H](NC(=O)O[C@@H]1C[C@@H]2C[C@@H]2C1)C(C)(C)C)C(=O)OC. The van der Waals surface area contributed by atoms with Crippen molar-refractivity contribution < 1.29 is 42.9 Å². The molecule has 0 unspecified atom stereocenters. The van der Waals surface area contributed by atoms with Crippen molar-refractivity contribution in [3.8, 4) is 28.1 Å². The molecule has 0 radical (unpaired) electrons. The number of likely N-dealkylation sites (tertiary alicyclic amines) is 1. The Morgan fingerprint density at radius 2 is 1.76 bits per heavy atom. The minimum absolute atomic E-state index is 0.0180. The Bertz CT molecular complexity index is 2030.